The van der Waals surface area contributed by atoms with Gasteiger partial charge in [-0.2, -0.15) is 0 Å². The van der Waals surface area contributed by atoms with E-state index in [0.717, 1.165) is 49.4 Å². The molecule has 0 saturated heterocycles. The van der Waals surface area contributed by atoms with Gasteiger partial charge in [-0.1, -0.05) is 12.0 Å². The molecule has 1 aliphatic heterocycles. The van der Waals surface area contributed by atoms with Crippen LogP contribution in [0.25, 0.3) is 0 Å². The Morgan fingerprint density at radius 3 is 2.89 bits per heavy atom. The van der Waals surface area contributed by atoms with Gasteiger partial charge in [0.25, 0.3) is 5.56 Å². The number of aryl methyl sites for hydroxylation is 1. The molecule has 0 unspecified atom stereocenters. The number of pyridine rings is 2. The van der Waals surface area contributed by atoms with Crippen LogP contribution in [0.4, 0.5) is 11.5 Å². The van der Waals surface area contributed by atoms with Crippen LogP contribution < -0.4 is 21.5 Å². The third-order valence-corrected chi connectivity index (χ3v) is 6.13. The van der Waals surface area contributed by atoms with E-state index >= 15 is 0 Å². The standard InChI is InChI=1S/C26H31N5O4/c1-3-19(14-24(33)35-4-2)29-23(32)16-31-22(17-7-8-17)12-11-21(26(31)34)28-15-20-10-9-18-6-5-13-27-25(18)30-20/h1,9-12,17,19,28H,4-8,13-16H2,2H3,(H,27,30)(H,29,32)/t19-/m1/s1. The maximum atomic E-state index is 13.3. The number of esters is 1. The third-order valence-electron chi connectivity index (χ3n) is 6.13. The smallest absolute Gasteiger partial charge is 0.308 e. The van der Waals surface area contributed by atoms with Crippen molar-refractivity contribution in [3.05, 3.63) is 51.6 Å². The summed E-state index contributed by atoms with van der Waals surface area (Å²) in [6.07, 6.45) is 9.43. The second-order valence-electron chi connectivity index (χ2n) is 8.83. The molecule has 1 saturated carbocycles. The van der Waals surface area contributed by atoms with Gasteiger partial charge in [0, 0.05) is 12.2 Å². The molecule has 0 spiro atoms. The highest BCUT2D eigenvalue weighted by Gasteiger charge is 2.28. The van der Waals surface area contributed by atoms with Crippen molar-refractivity contribution in [1.29, 1.82) is 0 Å². The number of hydrogen-bond acceptors (Lipinski definition) is 7. The summed E-state index contributed by atoms with van der Waals surface area (Å²) in [4.78, 5) is 42.4. The molecule has 1 atom stereocenters. The van der Waals surface area contributed by atoms with E-state index < -0.39 is 17.9 Å². The van der Waals surface area contributed by atoms with Crippen LogP contribution in [-0.4, -0.2) is 40.6 Å². The molecule has 0 bridgehead atoms. The number of carbonyl (C=O) groups is 2. The molecular weight excluding hydrogens is 446 g/mol. The predicted octanol–water partition coefficient (Wildman–Crippen LogP) is 2.16. The number of ether oxygens (including phenoxy) is 1. The Labute approximate surface area is 204 Å². The summed E-state index contributed by atoms with van der Waals surface area (Å²) in [6, 6.07) is 6.90. The van der Waals surface area contributed by atoms with Crippen LogP contribution in [0.1, 0.15) is 55.5 Å². The van der Waals surface area contributed by atoms with Gasteiger partial charge in [-0.3, -0.25) is 14.4 Å². The van der Waals surface area contributed by atoms with Crippen LogP contribution in [0.5, 0.6) is 0 Å². The van der Waals surface area contributed by atoms with Gasteiger partial charge in [-0.15, -0.1) is 6.42 Å². The van der Waals surface area contributed by atoms with Crippen molar-refractivity contribution in [2.45, 2.75) is 64.1 Å². The number of hydrogen-bond donors (Lipinski definition) is 3. The molecule has 0 radical (unpaired) electrons. The van der Waals surface area contributed by atoms with Gasteiger partial charge in [0.05, 0.1) is 25.3 Å². The zero-order chi connectivity index (χ0) is 24.8. The number of carbonyl (C=O) groups excluding carboxylic acids is 2. The number of rotatable bonds is 10. The lowest BCUT2D eigenvalue weighted by Crippen LogP contribution is -2.40. The van der Waals surface area contributed by atoms with Gasteiger partial charge < -0.3 is 25.3 Å². The van der Waals surface area contributed by atoms with Crippen molar-refractivity contribution < 1.29 is 14.3 Å². The Hall–Kier alpha value is -3.80. The molecule has 3 N–H and O–H groups in total. The largest absolute Gasteiger partial charge is 0.466 e. The Morgan fingerprint density at radius 1 is 1.31 bits per heavy atom. The number of anilines is 2. The minimum absolute atomic E-state index is 0.120. The van der Waals surface area contributed by atoms with Gasteiger partial charge in [0.1, 0.15) is 24.1 Å². The van der Waals surface area contributed by atoms with E-state index in [1.807, 2.05) is 12.1 Å². The average molecular weight is 478 g/mol. The fourth-order valence-electron chi connectivity index (χ4n) is 4.20. The fraction of sp³-hybridized carbons (Fsp3) is 0.462. The van der Waals surface area contributed by atoms with Gasteiger partial charge in [-0.05, 0) is 62.3 Å². The van der Waals surface area contributed by atoms with Crippen LogP contribution in [0, 0.1) is 12.3 Å². The highest BCUT2D eigenvalue weighted by atomic mass is 16.5. The molecule has 35 heavy (non-hydrogen) atoms. The third kappa shape index (κ3) is 6.21. The van der Waals surface area contributed by atoms with E-state index in [2.05, 4.69) is 32.9 Å². The molecule has 9 heteroatoms. The SMILES string of the molecule is C#C[C@H](CC(=O)OCC)NC(=O)Cn1c(C2CC2)ccc(NCc2ccc3c(n2)NCCC3)c1=O. The monoisotopic (exact) mass is 477 g/mol. The first-order valence-corrected chi connectivity index (χ1v) is 12.1. The van der Waals surface area contributed by atoms with E-state index in [4.69, 9.17) is 11.2 Å². The van der Waals surface area contributed by atoms with E-state index in [1.54, 1.807) is 13.0 Å². The highest BCUT2D eigenvalue weighted by Crippen LogP contribution is 2.39. The number of nitrogens with one attached hydrogen (secondary N) is 3. The van der Waals surface area contributed by atoms with Gasteiger partial charge in [-0.25, -0.2) is 4.98 Å². The minimum Gasteiger partial charge on any atom is -0.466 e. The molecule has 0 aromatic carbocycles. The Morgan fingerprint density at radius 2 is 2.14 bits per heavy atom. The summed E-state index contributed by atoms with van der Waals surface area (Å²) in [6.45, 7) is 3.06. The quantitative estimate of drug-likeness (QED) is 0.355. The topological polar surface area (TPSA) is 114 Å². The molecule has 3 heterocycles. The molecule has 2 aromatic rings. The summed E-state index contributed by atoms with van der Waals surface area (Å²) >= 11 is 0. The average Bonchev–Trinajstić information content (AvgIpc) is 3.69. The number of amides is 1. The van der Waals surface area contributed by atoms with Crippen LogP contribution >= 0.6 is 0 Å². The van der Waals surface area contributed by atoms with Crippen LogP contribution in [0.3, 0.4) is 0 Å². The maximum absolute atomic E-state index is 13.3. The second-order valence-corrected chi connectivity index (χ2v) is 8.83. The normalized spacial score (nSPS) is 15.2. The summed E-state index contributed by atoms with van der Waals surface area (Å²) in [7, 11) is 0. The second kappa shape index (κ2) is 11.1. The Bertz CT molecular complexity index is 1200. The molecule has 4 rings (SSSR count). The zero-order valence-corrected chi connectivity index (χ0v) is 19.9. The minimum atomic E-state index is -0.799. The first-order chi connectivity index (χ1) is 17.0. The summed E-state index contributed by atoms with van der Waals surface area (Å²) in [5.74, 6) is 2.65. The van der Waals surface area contributed by atoms with Gasteiger partial charge in [0.2, 0.25) is 5.91 Å². The molecule has 1 aliphatic carbocycles. The summed E-state index contributed by atoms with van der Waals surface area (Å²) < 4.78 is 6.40. The molecule has 1 fully saturated rings. The molecule has 1 amide bonds. The van der Waals surface area contributed by atoms with E-state index in [1.165, 1.54) is 10.1 Å². The molecule has 9 nitrogen and oxygen atoms in total. The van der Waals surface area contributed by atoms with Gasteiger partial charge in [0.15, 0.2) is 0 Å². The van der Waals surface area contributed by atoms with E-state index in [9.17, 15) is 14.4 Å². The molecule has 2 aromatic heterocycles. The van der Waals surface area contributed by atoms with Crippen LogP contribution in [-0.2, 0) is 33.8 Å². The molecule has 184 valence electrons. The first kappa shape index (κ1) is 24.3. The van der Waals surface area contributed by atoms with Crippen molar-refractivity contribution in [3.63, 3.8) is 0 Å². The zero-order valence-electron chi connectivity index (χ0n) is 19.9. The number of fused-ring (bicyclic) bond motifs is 1. The van der Waals surface area contributed by atoms with E-state index in [0.29, 0.717) is 12.2 Å². The highest BCUT2D eigenvalue weighted by molar-refractivity contribution is 5.78. The number of terminal acetylenes is 1. The fourth-order valence-corrected chi connectivity index (χ4v) is 4.20. The lowest BCUT2D eigenvalue weighted by atomic mass is 10.1. The van der Waals surface area contributed by atoms with Crippen molar-refractivity contribution in [3.8, 4) is 12.3 Å². The lowest BCUT2D eigenvalue weighted by molar-refractivity contribution is -0.143. The van der Waals surface area contributed by atoms with Gasteiger partial charge >= 0.3 is 5.97 Å². The van der Waals surface area contributed by atoms with E-state index in [-0.39, 0.29) is 31.0 Å². The number of aromatic nitrogens is 2. The maximum Gasteiger partial charge on any atom is 0.308 e. The summed E-state index contributed by atoms with van der Waals surface area (Å²) in [5, 5.41) is 9.15. The molecular formula is C26H31N5O4. The van der Waals surface area contributed by atoms with Crippen molar-refractivity contribution in [2.24, 2.45) is 0 Å². The lowest BCUT2D eigenvalue weighted by Gasteiger charge is -2.18. The van der Waals surface area contributed by atoms with Crippen LogP contribution in [0.2, 0.25) is 0 Å². The van der Waals surface area contributed by atoms with Crippen molar-refractivity contribution in [2.75, 3.05) is 23.8 Å². The first-order valence-electron chi connectivity index (χ1n) is 12.1. The molecule has 2 aliphatic rings. The Kier molecular flexibility index (Phi) is 7.70. The van der Waals surface area contributed by atoms with Crippen LogP contribution in [0.15, 0.2) is 29.1 Å². The van der Waals surface area contributed by atoms with Crippen molar-refractivity contribution >= 4 is 23.4 Å². The summed E-state index contributed by atoms with van der Waals surface area (Å²) in [5.41, 5.74) is 2.98. The Balaban J connectivity index is 1.46. The van der Waals surface area contributed by atoms with Crippen molar-refractivity contribution in [1.82, 2.24) is 14.9 Å². The predicted molar refractivity (Wildman–Crippen MR) is 133 cm³/mol. The number of nitrogens with zero attached hydrogens (tertiary/aromatic N) is 2.